The first kappa shape index (κ1) is 15.8. The summed E-state index contributed by atoms with van der Waals surface area (Å²) < 4.78 is 0. The van der Waals surface area contributed by atoms with Crippen molar-refractivity contribution < 1.29 is 4.79 Å². The molecule has 2 heterocycles. The van der Waals surface area contributed by atoms with Gasteiger partial charge in [-0.15, -0.1) is 0 Å². The van der Waals surface area contributed by atoms with Gasteiger partial charge in [0.15, 0.2) is 0 Å². The van der Waals surface area contributed by atoms with Gasteiger partial charge in [-0.1, -0.05) is 0 Å². The van der Waals surface area contributed by atoms with Crippen molar-refractivity contribution in [3.8, 4) is 0 Å². The second-order valence-corrected chi connectivity index (χ2v) is 5.72. The molecule has 1 fully saturated rings. The summed E-state index contributed by atoms with van der Waals surface area (Å²) >= 11 is 0. The number of anilines is 1. The Hall–Kier alpha value is -1.62. The van der Waals surface area contributed by atoms with Crippen LogP contribution in [0.15, 0.2) is 18.3 Å². The van der Waals surface area contributed by atoms with E-state index in [0.717, 1.165) is 25.2 Å². The van der Waals surface area contributed by atoms with Crippen molar-refractivity contribution in [3.63, 3.8) is 0 Å². The van der Waals surface area contributed by atoms with Gasteiger partial charge < -0.3 is 15.5 Å². The highest BCUT2D eigenvalue weighted by Crippen LogP contribution is 2.28. The molecule has 1 aliphatic rings. The van der Waals surface area contributed by atoms with E-state index in [-0.39, 0.29) is 5.91 Å². The molecule has 1 aliphatic heterocycles. The number of aromatic nitrogens is 1. The maximum Gasteiger partial charge on any atom is 0.272 e. The summed E-state index contributed by atoms with van der Waals surface area (Å²) in [7, 11) is 0. The summed E-state index contributed by atoms with van der Waals surface area (Å²) in [5.41, 5.74) is 7.39. The number of carbonyl (C=O) groups is 1. The molecule has 116 valence electrons. The first-order valence-corrected chi connectivity index (χ1v) is 7.82. The highest BCUT2D eigenvalue weighted by Gasteiger charge is 2.28. The fourth-order valence-corrected chi connectivity index (χ4v) is 3.06. The average Bonchev–Trinajstić information content (AvgIpc) is 2.89. The molecule has 1 saturated heterocycles. The summed E-state index contributed by atoms with van der Waals surface area (Å²) in [6.07, 6.45) is 2.84. The number of hydrogen-bond donors (Lipinski definition) is 1. The smallest absolute Gasteiger partial charge is 0.272 e. The molecule has 2 unspecified atom stereocenters. The summed E-state index contributed by atoms with van der Waals surface area (Å²) in [5.74, 6) is 0.541. The lowest BCUT2D eigenvalue weighted by Gasteiger charge is -2.25. The number of nitrogens with zero attached hydrogens (tertiary/aromatic N) is 3. The second-order valence-electron chi connectivity index (χ2n) is 5.72. The average molecular weight is 290 g/mol. The SMILES string of the molecule is CCN(CC)C(=O)c1cc(N2CC(CN)CC2C)ccn1. The van der Waals surface area contributed by atoms with Crippen LogP contribution < -0.4 is 10.6 Å². The standard InChI is InChI=1S/C16H26N4O/c1-4-19(5-2)16(21)15-9-14(6-7-18-15)20-11-13(10-17)8-12(20)3/h6-7,9,12-13H,4-5,8,10-11,17H2,1-3H3. The maximum absolute atomic E-state index is 12.4. The summed E-state index contributed by atoms with van der Waals surface area (Å²) in [4.78, 5) is 20.8. The molecule has 0 saturated carbocycles. The molecule has 1 aromatic rings. The van der Waals surface area contributed by atoms with Gasteiger partial charge >= 0.3 is 0 Å². The van der Waals surface area contributed by atoms with Crippen LogP contribution in [0.25, 0.3) is 0 Å². The zero-order chi connectivity index (χ0) is 15.4. The van der Waals surface area contributed by atoms with E-state index >= 15 is 0 Å². The Morgan fingerprint density at radius 3 is 2.76 bits per heavy atom. The lowest BCUT2D eigenvalue weighted by Crippen LogP contribution is -2.32. The molecule has 0 spiro atoms. The van der Waals surface area contributed by atoms with Gasteiger partial charge in [-0.25, -0.2) is 0 Å². The van der Waals surface area contributed by atoms with Crippen molar-refractivity contribution in [2.24, 2.45) is 11.7 Å². The zero-order valence-corrected chi connectivity index (χ0v) is 13.2. The van der Waals surface area contributed by atoms with Crippen LogP contribution in [-0.4, -0.2) is 48.0 Å². The molecule has 5 heteroatoms. The van der Waals surface area contributed by atoms with Crippen molar-refractivity contribution in [2.75, 3.05) is 31.1 Å². The number of pyridine rings is 1. The Kier molecular flexibility index (Phi) is 5.17. The lowest BCUT2D eigenvalue weighted by molar-refractivity contribution is 0.0767. The van der Waals surface area contributed by atoms with E-state index in [1.54, 1.807) is 11.1 Å². The normalized spacial score (nSPS) is 21.6. The first-order valence-electron chi connectivity index (χ1n) is 7.82. The number of carbonyl (C=O) groups excluding carboxylic acids is 1. The van der Waals surface area contributed by atoms with Crippen LogP contribution in [0.2, 0.25) is 0 Å². The molecule has 0 aromatic carbocycles. The van der Waals surface area contributed by atoms with Gasteiger partial charge in [0, 0.05) is 37.6 Å². The molecule has 2 rings (SSSR count). The van der Waals surface area contributed by atoms with E-state index in [1.807, 2.05) is 26.0 Å². The summed E-state index contributed by atoms with van der Waals surface area (Å²) in [6.45, 7) is 9.27. The van der Waals surface area contributed by atoms with E-state index in [1.165, 1.54) is 0 Å². The van der Waals surface area contributed by atoms with Gasteiger partial charge in [-0.2, -0.15) is 0 Å². The van der Waals surface area contributed by atoms with Gasteiger partial charge in [0.05, 0.1) is 0 Å². The van der Waals surface area contributed by atoms with Crippen LogP contribution in [-0.2, 0) is 0 Å². The predicted molar refractivity (Wildman–Crippen MR) is 85.5 cm³/mol. The predicted octanol–water partition coefficient (Wildman–Crippen LogP) is 1.74. The van der Waals surface area contributed by atoms with Gasteiger partial charge in [-0.05, 0) is 51.8 Å². The number of nitrogens with two attached hydrogens (primary N) is 1. The molecule has 1 aromatic heterocycles. The number of amides is 1. The molecule has 2 atom stereocenters. The fraction of sp³-hybridized carbons (Fsp3) is 0.625. The van der Waals surface area contributed by atoms with Gasteiger partial charge in [-0.3, -0.25) is 9.78 Å². The summed E-state index contributed by atoms with van der Waals surface area (Å²) in [5, 5.41) is 0. The van der Waals surface area contributed by atoms with Crippen molar-refractivity contribution in [1.82, 2.24) is 9.88 Å². The third-order valence-electron chi connectivity index (χ3n) is 4.34. The van der Waals surface area contributed by atoms with E-state index in [0.29, 0.717) is 30.7 Å². The van der Waals surface area contributed by atoms with Gasteiger partial charge in [0.25, 0.3) is 5.91 Å². The Bertz CT molecular complexity index is 487. The minimum absolute atomic E-state index is 0.00377. The molecular weight excluding hydrogens is 264 g/mol. The van der Waals surface area contributed by atoms with Gasteiger partial charge in [0.2, 0.25) is 0 Å². The van der Waals surface area contributed by atoms with Crippen LogP contribution in [0.1, 0.15) is 37.7 Å². The highest BCUT2D eigenvalue weighted by molar-refractivity contribution is 5.93. The van der Waals surface area contributed by atoms with Crippen LogP contribution in [0.5, 0.6) is 0 Å². The third kappa shape index (κ3) is 3.35. The Morgan fingerprint density at radius 2 is 2.19 bits per heavy atom. The van der Waals surface area contributed by atoms with Gasteiger partial charge in [0.1, 0.15) is 5.69 Å². The largest absolute Gasteiger partial charge is 0.368 e. The van der Waals surface area contributed by atoms with Crippen molar-refractivity contribution >= 4 is 11.6 Å². The number of hydrogen-bond acceptors (Lipinski definition) is 4. The molecule has 0 bridgehead atoms. The molecule has 5 nitrogen and oxygen atoms in total. The van der Waals surface area contributed by atoms with Crippen LogP contribution in [0, 0.1) is 5.92 Å². The van der Waals surface area contributed by atoms with Crippen molar-refractivity contribution in [3.05, 3.63) is 24.0 Å². The van der Waals surface area contributed by atoms with Crippen LogP contribution >= 0.6 is 0 Å². The zero-order valence-electron chi connectivity index (χ0n) is 13.2. The second kappa shape index (κ2) is 6.89. The quantitative estimate of drug-likeness (QED) is 0.897. The summed E-state index contributed by atoms with van der Waals surface area (Å²) in [6, 6.07) is 4.35. The first-order chi connectivity index (χ1) is 10.1. The van der Waals surface area contributed by atoms with Crippen LogP contribution in [0.3, 0.4) is 0 Å². The van der Waals surface area contributed by atoms with E-state index in [4.69, 9.17) is 5.73 Å². The third-order valence-corrected chi connectivity index (χ3v) is 4.34. The minimum atomic E-state index is 0.00377. The minimum Gasteiger partial charge on any atom is -0.368 e. The van der Waals surface area contributed by atoms with E-state index < -0.39 is 0 Å². The molecule has 1 amide bonds. The molecule has 0 radical (unpaired) electrons. The Balaban J connectivity index is 2.20. The Morgan fingerprint density at radius 1 is 1.48 bits per heavy atom. The van der Waals surface area contributed by atoms with Crippen LogP contribution in [0.4, 0.5) is 5.69 Å². The van der Waals surface area contributed by atoms with Crippen molar-refractivity contribution in [2.45, 2.75) is 33.2 Å². The Labute approximate surface area is 127 Å². The fourth-order valence-electron chi connectivity index (χ4n) is 3.06. The molecular formula is C16H26N4O. The van der Waals surface area contributed by atoms with Crippen molar-refractivity contribution in [1.29, 1.82) is 0 Å². The number of rotatable bonds is 5. The highest BCUT2D eigenvalue weighted by atomic mass is 16.2. The van der Waals surface area contributed by atoms with E-state index in [9.17, 15) is 4.79 Å². The maximum atomic E-state index is 12.4. The molecule has 2 N–H and O–H groups in total. The molecule has 21 heavy (non-hydrogen) atoms. The molecule has 0 aliphatic carbocycles. The topological polar surface area (TPSA) is 62.5 Å². The lowest BCUT2D eigenvalue weighted by atomic mass is 10.1. The van der Waals surface area contributed by atoms with E-state index in [2.05, 4.69) is 16.8 Å². The monoisotopic (exact) mass is 290 g/mol.